The summed E-state index contributed by atoms with van der Waals surface area (Å²) in [6.07, 6.45) is 6.77. The molecule has 14 heavy (non-hydrogen) atoms. The molecule has 0 spiro atoms. The maximum atomic E-state index is 6.18. The molecule has 0 nitrogen and oxygen atoms in total. The van der Waals surface area contributed by atoms with E-state index in [2.05, 4.69) is 26.3 Å². The van der Waals surface area contributed by atoms with Gasteiger partial charge in [-0.15, -0.1) is 0 Å². The fourth-order valence-electron chi connectivity index (χ4n) is 1.70. The summed E-state index contributed by atoms with van der Waals surface area (Å²) in [5.74, 6) is 0. The highest BCUT2D eigenvalue weighted by Gasteiger charge is 2.04. The lowest BCUT2D eigenvalue weighted by Gasteiger charge is -2.09. The molecule has 1 aromatic carbocycles. The Kier molecular flexibility index (Phi) is 5.03. The maximum absolute atomic E-state index is 6.18. The molecule has 0 aliphatic rings. The number of halogens is 1. The van der Waals surface area contributed by atoms with Gasteiger partial charge in [0, 0.05) is 5.02 Å². The van der Waals surface area contributed by atoms with E-state index >= 15 is 0 Å². The summed E-state index contributed by atoms with van der Waals surface area (Å²) in [6, 6.07) is 6.21. The number of rotatable bonds is 5. The smallest absolute Gasteiger partial charge is 0.0440 e. The van der Waals surface area contributed by atoms with Gasteiger partial charge in [0.25, 0.3) is 0 Å². The van der Waals surface area contributed by atoms with E-state index in [1.54, 1.807) is 0 Å². The Morgan fingerprint density at radius 3 is 2.79 bits per heavy atom. The van der Waals surface area contributed by atoms with Gasteiger partial charge in [0.05, 0.1) is 0 Å². The molecule has 0 aromatic heterocycles. The molecule has 1 aromatic rings. The average molecular weight is 210 g/mol. The molecule has 1 heteroatoms. The summed E-state index contributed by atoms with van der Waals surface area (Å²) >= 11 is 6.18. The molecule has 0 saturated heterocycles. The highest BCUT2D eigenvalue weighted by Crippen LogP contribution is 2.22. The summed E-state index contributed by atoms with van der Waals surface area (Å²) < 4.78 is 0. The van der Waals surface area contributed by atoms with Crippen LogP contribution in [0.5, 0.6) is 0 Å². The van der Waals surface area contributed by atoms with Gasteiger partial charge < -0.3 is 0 Å². The third kappa shape index (κ3) is 3.02. The monoisotopic (exact) mass is 209 g/mol. The van der Waals surface area contributed by atoms with Crippen LogP contribution in [0.4, 0.5) is 0 Å². The first-order chi connectivity index (χ1) is 6.79. The molecular weight excluding hydrogens is 192 g/mol. The van der Waals surface area contributed by atoms with Gasteiger partial charge in [-0.2, -0.15) is 0 Å². The maximum Gasteiger partial charge on any atom is 0.0440 e. The van der Waals surface area contributed by atoms with E-state index in [0.717, 1.165) is 17.9 Å². The molecule has 0 unspecified atom stereocenters. The third-order valence-corrected chi connectivity index (χ3v) is 2.87. The van der Waals surface area contributed by atoms with Crippen LogP contribution in [-0.2, 0) is 12.8 Å². The van der Waals surface area contributed by atoms with Crippen molar-refractivity contribution in [2.75, 3.05) is 0 Å². The van der Waals surface area contributed by atoms with E-state index in [4.69, 9.17) is 11.6 Å². The van der Waals surface area contributed by atoms with Crippen LogP contribution >= 0.6 is 11.6 Å². The van der Waals surface area contributed by atoms with Crippen molar-refractivity contribution in [3.8, 4) is 0 Å². The van der Waals surface area contributed by atoms with E-state index in [-0.39, 0.29) is 0 Å². The van der Waals surface area contributed by atoms with Gasteiger partial charge in [0.15, 0.2) is 0 Å². The van der Waals surface area contributed by atoms with Crippen LogP contribution in [0.25, 0.3) is 0 Å². The van der Waals surface area contributed by atoms with Crippen molar-refractivity contribution in [3.05, 3.63) is 40.8 Å². The van der Waals surface area contributed by atoms with Crippen LogP contribution in [-0.4, -0.2) is 0 Å². The van der Waals surface area contributed by atoms with Crippen molar-refractivity contribution >= 4 is 11.6 Å². The van der Waals surface area contributed by atoms with E-state index in [9.17, 15) is 0 Å². The van der Waals surface area contributed by atoms with E-state index in [1.807, 2.05) is 12.1 Å². The summed E-state index contributed by atoms with van der Waals surface area (Å²) in [5, 5.41) is 0.931. The summed E-state index contributed by atoms with van der Waals surface area (Å²) in [4.78, 5) is 0. The Morgan fingerprint density at radius 2 is 2.14 bits per heavy atom. The van der Waals surface area contributed by atoms with Crippen molar-refractivity contribution in [1.82, 2.24) is 0 Å². The highest BCUT2D eigenvalue weighted by atomic mass is 35.5. The van der Waals surface area contributed by atoms with Crippen molar-refractivity contribution < 1.29 is 0 Å². The Balaban J connectivity index is 2.72. The number of unbranched alkanes of at least 4 members (excludes halogenated alkanes) is 2. The molecule has 0 aliphatic carbocycles. The molecular formula is C13H18Cl. The largest absolute Gasteiger partial charge is 0.0840 e. The van der Waals surface area contributed by atoms with E-state index in [0.29, 0.717) is 0 Å². The Hall–Kier alpha value is -0.490. The second-order valence-corrected chi connectivity index (χ2v) is 3.94. The van der Waals surface area contributed by atoms with Crippen molar-refractivity contribution in [2.45, 2.75) is 39.5 Å². The van der Waals surface area contributed by atoms with Gasteiger partial charge in [0.1, 0.15) is 0 Å². The standard InChI is InChI=1S/C13H18Cl/c1-3-5-6-9-12-11(4-2)8-7-10-13(12)14/h3,7-8,10H,4-6,9H2,1-2H3. The summed E-state index contributed by atoms with van der Waals surface area (Å²) in [7, 11) is 0. The van der Waals surface area contributed by atoms with Gasteiger partial charge in [0.2, 0.25) is 0 Å². The van der Waals surface area contributed by atoms with Crippen LogP contribution in [0.3, 0.4) is 0 Å². The second kappa shape index (κ2) is 6.08. The molecule has 0 amide bonds. The topological polar surface area (TPSA) is 0 Å². The lowest BCUT2D eigenvalue weighted by molar-refractivity contribution is 0.799. The van der Waals surface area contributed by atoms with Crippen LogP contribution in [0.15, 0.2) is 18.2 Å². The molecule has 1 rings (SSSR count). The molecule has 0 bridgehead atoms. The van der Waals surface area contributed by atoms with Gasteiger partial charge in [-0.1, -0.05) is 44.0 Å². The van der Waals surface area contributed by atoms with Crippen molar-refractivity contribution in [2.24, 2.45) is 0 Å². The fraction of sp³-hybridized carbons (Fsp3) is 0.462. The third-order valence-electron chi connectivity index (χ3n) is 2.52. The lowest BCUT2D eigenvalue weighted by Crippen LogP contribution is -1.94. The first kappa shape index (κ1) is 11.6. The number of benzene rings is 1. The average Bonchev–Trinajstić information content (AvgIpc) is 2.20. The minimum atomic E-state index is 0.931. The predicted octanol–water partition coefficient (Wildman–Crippen LogP) is 4.45. The minimum absolute atomic E-state index is 0.931. The zero-order valence-corrected chi connectivity index (χ0v) is 9.77. The number of aryl methyl sites for hydroxylation is 1. The Labute approximate surface area is 92.3 Å². The normalized spacial score (nSPS) is 10.5. The van der Waals surface area contributed by atoms with Gasteiger partial charge >= 0.3 is 0 Å². The quantitative estimate of drug-likeness (QED) is 0.629. The van der Waals surface area contributed by atoms with E-state index in [1.165, 1.54) is 24.0 Å². The van der Waals surface area contributed by atoms with Crippen LogP contribution in [0.1, 0.15) is 37.8 Å². The van der Waals surface area contributed by atoms with Gasteiger partial charge in [-0.3, -0.25) is 0 Å². The summed E-state index contributed by atoms with van der Waals surface area (Å²) in [6.45, 7) is 4.29. The SMILES string of the molecule is C[CH]CCCc1c(Cl)cccc1CC. The van der Waals surface area contributed by atoms with Crippen LogP contribution in [0.2, 0.25) is 5.02 Å². The number of hydrogen-bond acceptors (Lipinski definition) is 0. The minimum Gasteiger partial charge on any atom is -0.0840 e. The van der Waals surface area contributed by atoms with Gasteiger partial charge in [-0.25, -0.2) is 0 Å². The number of hydrogen-bond donors (Lipinski definition) is 0. The molecule has 0 atom stereocenters. The molecule has 1 radical (unpaired) electrons. The molecule has 0 aliphatic heterocycles. The second-order valence-electron chi connectivity index (χ2n) is 3.53. The first-order valence-corrected chi connectivity index (χ1v) is 5.71. The predicted molar refractivity (Wildman–Crippen MR) is 63.7 cm³/mol. The Morgan fingerprint density at radius 1 is 1.36 bits per heavy atom. The van der Waals surface area contributed by atoms with E-state index < -0.39 is 0 Å². The fourth-order valence-corrected chi connectivity index (χ4v) is 1.99. The Bertz CT molecular complexity index is 279. The molecule has 0 heterocycles. The summed E-state index contributed by atoms with van der Waals surface area (Å²) in [5.41, 5.74) is 2.74. The molecule has 77 valence electrons. The highest BCUT2D eigenvalue weighted by molar-refractivity contribution is 6.31. The lowest BCUT2D eigenvalue weighted by atomic mass is 10.00. The zero-order chi connectivity index (χ0) is 10.4. The van der Waals surface area contributed by atoms with Crippen molar-refractivity contribution in [3.63, 3.8) is 0 Å². The zero-order valence-electron chi connectivity index (χ0n) is 9.02. The first-order valence-electron chi connectivity index (χ1n) is 5.33. The van der Waals surface area contributed by atoms with Crippen LogP contribution < -0.4 is 0 Å². The van der Waals surface area contributed by atoms with Gasteiger partial charge in [-0.05, 0) is 42.9 Å². The molecule has 0 saturated carbocycles. The molecule has 0 fully saturated rings. The molecule has 0 N–H and O–H groups in total. The van der Waals surface area contributed by atoms with Crippen LogP contribution in [0, 0.1) is 6.42 Å². The van der Waals surface area contributed by atoms with Crippen molar-refractivity contribution in [1.29, 1.82) is 0 Å².